The molecule has 112 valence electrons. The van der Waals surface area contributed by atoms with E-state index in [4.69, 9.17) is 9.84 Å². The summed E-state index contributed by atoms with van der Waals surface area (Å²) in [6, 6.07) is 2.09. The summed E-state index contributed by atoms with van der Waals surface area (Å²) in [5, 5.41) is 18.5. The summed E-state index contributed by atoms with van der Waals surface area (Å²) in [5.41, 5.74) is -0.175. The van der Waals surface area contributed by atoms with Gasteiger partial charge in [0.05, 0.1) is 11.5 Å². The molecule has 7 nitrogen and oxygen atoms in total. The number of hydrogen-bond acceptors (Lipinski definition) is 5. The smallest absolute Gasteiger partial charge is 0.339 e. The van der Waals surface area contributed by atoms with Gasteiger partial charge in [-0.3, -0.25) is 0 Å². The standard InChI is InChI=1S/C12H17NO6S/c1-8-6-10(14)9(12(15)16)7-11(8)20(17,18)13(2)4-5-19-3/h6-7,14H,4-5H2,1-3H3,(H,15,16). The maximum absolute atomic E-state index is 12.3. The van der Waals surface area contributed by atoms with Crippen LogP contribution in [0.25, 0.3) is 0 Å². The molecule has 0 aliphatic heterocycles. The minimum atomic E-state index is -3.84. The second kappa shape index (κ2) is 6.21. The Morgan fingerprint density at radius 1 is 1.40 bits per heavy atom. The first-order valence-corrected chi connectivity index (χ1v) is 7.18. The van der Waals surface area contributed by atoms with Gasteiger partial charge in [-0.25, -0.2) is 13.2 Å². The Morgan fingerprint density at radius 3 is 2.50 bits per heavy atom. The Bertz CT molecular complexity index is 611. The zero-order valence-corrected chi connectivity index (χ0v) is 12.3. The molecule has 0 radical (unpaired) electrons. The van der Waals surface area contributed by atoms with Gasteiger partial charge in [0.1, 0.15) is 11.3 Å². The molecule has 0 aliphatic rings. The number of ether oxygens (including phenoxy) is 1. The fourth-order valence-electron chi connectivity index (χ4n) is 1.63. The van der Waals surface area contributed by atoms with Crippen molar-refractivity contribution in [3.8, 4) is 5.75 Å². The van der Waals surface area contributed by atoms with Crippen LogP contribution in [0.3, 0.4) is 0 Å². The summed E-state index contributed by atoms with van der Waals surface area (Å²) in [6.45, 7) is 1.85. The molecule has 0 spiro atoms. The summed E-state index contributed by atoms with van der Waals surface area (Å²) in [4.78, 5) is 10.8. The van der Waals surface area contributed by atoms with E-state index in [9.17, 15) is 18.3 Å². The molecule has 0 bridgehead atoms. The van der Waals surface area contributed by atoms with Gasteiger partial charge in [-0.15, -0.1) is 0 Å². The number of methoxy groups -OCH3 is 1. The molecule has 0 aliphatic carbocycles. The highest BCUT2D eigenvalue weighted by Gasteiger charge is 2.25. The van der Waals surface area contributed by atoms with Crippen LogP contribution in [0.15, 0.2) is 17.0 Å². The minimum Gasteiger partial charge on any atom is -0.507 e. The van der Waals surface area contributed by atoms with Crippen molar-refractivity contribution in [1.29, 1.82) is 0 Å². The van der Waals surface area contributed by atoms with Gasteiger partial charge in [-0.05, 0) is 24.6 Å². The number of aryl methyl sites for hydroxylation is 1. The molecule has 8 heteroatoms. The van der Waals surface area contributed by atoms with Crippen LogP contribution >= 0.6 is 0 Å². The van der Waals surface area contributed by atoms with E-state index in [-0.39, 0.29) is 23.6 Å². The van der Waals surface area contributed by atoms with Crippen LogP contribution in [0, 0.1) is 6.92 Å². The molecule has 0 saturated heterocycles. The molecule has 0 fully saturated rings. The number of hydrogen-bond donors (Lipinski definition) is 2. The highest BCUT2D eigenvalue weighted by molar-refractivity contribution is 7.89. The predicted molar refractivity (Wildman–Crippen MR) is 71.5 cm³/mol. The quantitative estimate of drug-likeness (QED) is 0.800. The van der Waals surface area contributed by atoms with E-state index in [1.807, 2.05) is 0 Å². The maximum Gasteiger partial charge on any atom is 0.339 e. The van der Waals surface area contributed by atoms with E-state index in [1.54, 1.807) is 0 Å². The fraction of sp³-hybridized carbons (Fsp3) is 0.417. The molecular formula is C12H17NO6S. The third kappa shape index (κ3) is 3.27. The van der Waals surface area contributed by atoms with Crippen LogP contribution < -0.4 is 0 Å². The lowest BCUT2D eigenvalue weighted by atomic mass is 10.1. The maximum atomic E-state index is 12.3. The molecule has 20 heavy (non-hydrogen) atoms. The number of likely N-dealkylation sites (N-methyl/N-ethyl adjacent to an activating group) is 1. The highest BCUT2D eigenvalue weighted by Crippen LogP contribution is 2.27. The van der Waals surface area contributed by atoms with Gasteiger partial charge < -0.3 is 14.9 Å². The average molecular weight is 303 g/mol. The van der Waals surface area contributed by atoms with E-state index in [1.165, 1.54) is 21.1 Å². The highest BCUT2D eigenvalue weighted by atomic mass is 32.2. The second-order valence-electron chi connectivity index (χ2n) is 4.26. The zero-order chi connectivity index (χ0) is 15.5. The van der Waals surface area contributed by atoms with Gasteiger partial charge >= 0.3 is 5.97 Å². The lowest BCUT2D eigenvalue weighted by Gasteiger charge is -2.18. The molecule has 1 aromatic carbocycles. The van der Waals surface area contributed by atoms with Gasteiger partial charge in [-0.2, -0.15) is 4.31 Å². The van der Waals surface area contributed by atoms with E-state index in [2.05, 4.69) is 0 Å². The topological polar surface area (TPSA) is 104 Å². The molecule has 0 atom stereocenters. The molecule has 2 N–H and O–H groups in total. The van der Waals surface area contributed by atoms with Crippen molar-refractivity contribution in [3.05, 3.63) is 23.3 Å². The Hall–Kier alpha value is -1.64. The van der Waals surface area contributed by atoms with Crippen LogP contribution in [0.5, 0.6) is 5.75 Å². The van der Waals surface area contributed by atoms with Gasteiger partial charge in [0, 0.05) is 20.7 Å². The van der Waals surface area contributed by atoms with E-state index in [0.717, 1.165) is 16.4 Å². The molecule has 0 saturated carbocycles. The Balaban J connectivity index is 3.31. The first-order valence-electron chi connectivity index (χ1n) is 5.74. The van der Waals surface area contributed by atoms with Crippen molar-refractivity contribution >= 4 is 16.0 Å². The van der Waals surface area contributed by atoms with Gasteiger partial charge in [0.15, 0.2) is 0 Å². The normalized spacial score (nSPS) is 11.8. The average Bonchev–Trinajstić information content (AvgIpc) is 2.34. The molecule has 1 rings (SSSR count). The summed E-state index contributed by atoms with van der Waals surface area (Å²) in [7, 11) is -1.01. The zero-order valence-electron chi connectivity index (χ0n) is 11.5. The number of aromatic hydroxyl groups is 1. The van der Waals surface area contributed by atoms with Crippen molar-refractivity contribution in [2.24, 2.45) is 0 Å². The Morgan fingerprint density at radius 2 is 2.00 bits per heavy atom. The lowest BCUT2D eigenvalue weighted by molar-refractivity contribution is 0.0693. The number of nitrogens with zero attached hydrogens (tertiary/aromatic N) is 1. The largest absolute Gasteiger partial charge is 0.507 e. The van der Waals surface area contributed by atoms with Gasteiger partial charge in [0.2, 0.25) is 10.0 Å². The van der Waals surface area contributed by atoms with Crippen molar-refractivity contribution in [1.82, 2.24) is 4.31 Å². The Kier molecular flexibility index (Phi) is 5.09. The van der Waals surface area contributed by atoms with Gasteiger partial charge in [-0.1, -0.05) is 0 Å². The number of benzene rings is 1. The fourth-order valence-corrected chi connectivity index (χ4v) is 3.01. The number of aromatic carboxylic acids is 1. The third-order valence-electron chi connectivity index (χ3n) is 2.82. The summed E-state index contributed by atoms with van der Waals surface area (Å²) in [5.74, 6) is -1.85. The molecule has 0 aromatic heterocycles. The third-order valence-corrected chi connectivity index (χ3v) is 4.82. The van der Waals surface area contributed by atoms with Crippen molar-refractivity contribution in [2.45, 2.75) is 11.8 Å². The number of carboxylic acid groups (broad SMARTS) is 1. The van der Waals surface area contributed by atoms with E-state index >= 15 is 0 Å². The van der Waals surface area contributed by atoms with Crippen LogP contribution in [-0.4, -0.2) is 56.2 Å². The van der Waals surface area contributed by atoms with Crippen molar-refractivity contribution < 1.29 is 28.2 Å². The number of sulfonamides is 1. The monoisotopic (exact) mass is 303 g/mol. The molecular weight excluding hydrogens is 286 g/mol. The van der Waals surface area contributed by atoms with Crippen molar-refractivity contribution in [3.63, 3.8) is 0 Å². The van der Waals surface area contributed by atoms with Crippen LogP contribution in [0.4, 0.5) is 0 Å². The molecule has 0 amide bonds. The van der Waals surface area contributed by atoms with Crippen molar-refractivity contribution in [2.75, 3.05) is 27.3 Å². The number of carboxylic acids is 1. The lowest BCUT2D eigenvalue weighted by Crippen LogP contribution is -2.30. The summed E-state index contributed by atoms with van der Waals surface area (Å²) < 4.78 is 30.6. The summed E-state index contributed by atoms with van der Waals surface area (Å²) in [6.07, 6.45) is 0. The molecule has 0 heterocycles. The van der Waals surface area contributed by atoms with E-state index < -0.39 is 27.3 Å². The second-order valence-corrected chi connectivity index (χ2v) is 6.27. The number of phenols is 1. The van der Waals surface area contributed by atoms with Gasteiger partial charge in [0.25, 0.3) is 0 Å². The van der Waals surface area contributed by atoms with Crippen LogP contribution in [0.1, 0.15) is 15.9 Å². The van der Waals surface area contributed by atoms with Crippen LogP contribution in [-0.2, 0) is 14.8 Å². The summed E-state index contributed by atoms with van der Waals surface area (Å²) >= 11 is 0. The first-order chi connectivity index (χ1) is 9.21. The van der Waals surface area contributed by atoms with E-state index in [0.29, 0.717) is 0 Å². The predicted octanol–water partition coefficient (Wildman–Crippen LogP) is 0.666. The first kappa shape index (κ1) is 16.4. The minimum absolute atomic E-state index is 0.140. The molecule has 1 aromatic rings. The SMILES string of the molecule is COCCN(C)S(=O)(=O)c1cc(C(=O)O)c(O)cc1C. The van der Waals surface area contributed by atoms with Crippen LogP contribution in [0.2, 0.25) is 0 Å². The molecule has 0 unspecified atom stereocenters. The number of rotatable bonds is 6. The Labute approximate surface area is 117 Å². The number of carbonyl (C=O) groups is 1.